The number of rotatable bonds is 6. The standard InChI is InChI=1S/C15H23NO4/c1-3-4-10-16-11-6-5-7-12(17)15(11)13(18)8-9-14(19)20-2/h18H,3-10H2,1-2H3/b15-13+,16-11?. The van der Waals surface area contributed by atoms with Crippen LogP contribution in [-0.4, -0.2) is 36.2 Å². The maximum Gasteiger partial charge on any atom is 0.305 e. The predicted octanol–water partition coefficient (Wildman–Crippen LogP) is 2.75. The van der Waals surface area contributed by atoms with Crippen LogP contribution in [-0.2, 0) is 14.3 Å². The Hall–Kier alpha value is -1.65. The molecule has 20 heavy (non-hydrogen) atoms. The smallest absolute Gasteiger partial charge is 0.305 e. The number of unbranched alkanes of at least 4 members (excludes halogenated alkanes) is 1. The maximum absolute atomic E-state index is 12.0. The highest BCUT2D eigenvalue weighted by Crippen LogP contribution is 2.22. The average Bonchev–Trinajstić information content (AvgIpc) is 2.44. The Morgan fingerprint density at radius 1 is 1.35 bits per heavy atom. The number of esters is 1. The third-order valence-electron chi connectivity index (χ3n) is 3.28. The van der Waals surface area contributed by atoms with E-state index in [0.717, 1.165) is 19.3 Å². The molecule has 1 aliphatic rings. The average molecular weight is 281 g/mol. The molecular weight excluding hydrogens is 258 g/mol. The van der Waals surface area contributed by atoms with E-state index in [1.807, 2.05) is 0 Å². The van der Waals surface area contributed by atoms with Gasteiger partial charge in [-0.2, -0.15) is 0 Å². The van der Waals surface area contributed by atoms with Crippen LogP contribution in [0.4, 0.5) is 0 Å². The molecule has 5 heteroatoms. The zero-order valence-electron chi connectivity index (χ0n) is 12.3. The van der Waals surface area contributed by atoms with Crippen molar-refractivity contribution in [3.63, 3.8) is 0 Å². The van der Waals surface area contributed by atoms with E-state index in [9.17, 15) is 14.7 Å². The third kappa shape index (κ3) is 4.79. The largest absolute Gasteiger partial charge is 0.511 e. The Morgan fingerprint density at radius 2 is 2.10 bits per heavy atom. The molecule has 1 rings (SSSR count). The summed E-state index contributed by atoms with van der Waals surface area (Å²) in [5.41, 5.74) is 1.02. The highest BCUT2D eigenvalue weighted by atomic mass is 16.5. The molecule has 1 fully saturated rings. The third-order valence-corrected chi connectivity index (χ3v) is 3.28. The van der Waals surface area contributed by atoms with Crippen LogP contribution in [0.15, 0.2) is 16.3 Å². The zero-order chi connectivity index (χ0) is 15.0. The van der Waals surface area contributed by atoms with Crippen LogP contribution in [0.3, 0.4) is 0 Å². The number of hydrogen-bond acceptors (Lipinski definition) is 5. The molecule has 5 nitrogen and oxygen atoms in total. The van der Waals surface area contributed by atoms with Crippen molar-refractivity contribution in [1.82, 2.24) is 0 Å². The second-order valence-electron chi connectivity index (χ2n) is 4.86. The first-order chi connectivity index (χ1) is 9.60. The minimum atomic E-state index is -0.398. The van der Waals surface area contributed by atoms with Gasteiger partial charge in [0.2, 0.25) is 0 Å². The fraction of sp³-hybridized carbons (Fsp3) is 0.667. The minimum Gasteiger partial charge on any atom is -0.511 e. The first-order valence-corrected chi connectivity index (χ1v) is 7.16. The Kier molecular flexibility index (Phi) is 6.98. The zero-order valence-corrected chi connectivity index (χ0v) is 12.3. The molecule has 0 spiro atoms. The molecule has 0 aromatic rings. The number of aliphatic hydroxyl groups excluding tert-OH is 1. The number of ketones is 1. The number of hydrogen-bond donors (Lipinski definition) is 1. The van der Waals surface area contributed by atoms with Crippen LogP contribution < -0.4 is 0 Å². The van der Waals surface area contributed by atoms with E-state index in [2.05, 4.69) is 16.7 Å². The van der Waals surface area contributed by atoms with Crippen molar-refractivity contribution in [3.8, 4) is 0 Å². The van der Waals surface area contributed by atoms with E-state index in [1.54, 1.807) is 0 Å². The first-order valence-electron chi connectivity index (χ1n) is 7.16. The van der Waals surface area contributed by atoms with Crippen LogP contribution in [0.2, 0.25) is 0 Å². The number of carbonyl (C=O) groups is 2. The van der Waals surface area contributed by atoms with Crippen molar-refractivity contribution in [2.45, 2.75) is 51.9 Å². The Balaban J connectivity index is 2.84. The molecule has 0 saturated heterocycles. The highest BCUT2D eigenvalue weighted by molar-refractivity contribution is 6.24. The molecule has 1 N–H and O–H groups in total. The molecule has 1 aliphatic carbocycles. The molecule has 0 aliphatic heterocycles. The van der Waals surface area contributed by atoms with Crippen molar-refractivity contribution in [2.75, 3.05) is 13.7 Å². The molecule has 0 aromatic heterocycles. The highest BCUT2D eigenvalue weighted by Gasteiger charge is 2.25. The summed E-state index contributed by atoms with van der Waals surface area (Å²) in [4.78, 5) is 27.5. The molecule has 112 valence electrons. The number of aliphatic hydroxyl groups is 1. The number of ether oxygens (including phenoxy) is 1. The summed E-state index contributed by atoms with van der Waals surface area (Å²) in [7, 11) is 1.30. The molecule has 0 amide bonds. The van der Waals surface area contributed by atoms with Crippen LogP contribution in [0.5, 0.6) is 0 Å². The topological polar surface area (TPSA) is 76.0 Å². The molecular formula is C15H23NO4. The van der Waals surface area contributed by atoms with Crippen LogP contribution >= 0.6 is 0 Å². The number of allylic oxidation sites excluding steroid dienone is 2. The van der Waals surface area contributed by atoms with Gasteiger partial charge in [-0.25, -0.2) is 0 Å². The number of methoxy groups -OCH3 is 1. The first kappa shape index (κ1) is 16.4. The number of carbonyl (C=O) groups excluding carboxylic acids is 2. The quantitative estimate of drug-likeness (QED) is 0.351. The van der Waals surface area contributed by atoms with Gasteiger partial charge in [0, 0.05) is 25.1 Å². The van der Waals surface area contributed by atoms with Gasteiger partial charge in [-0.3, -0.25) is 14.6 Å². The Labute approximate surface area is 119 Å². The monoisotopic (exact) mass is 281 g/mol. The lowest BCUT2D eigenvalue weighted by Crippen LogP contribution is -2.22. The molecule has 0 unspecified atom stereocenters. The SMILES string of the molecule is CCCCN=C1CCCC(=O)/C1=C(/O)CCC(=O)OC. The van der Waals surface area contributed by atoms with Gasteiger partial charge in [-0.05, 0) is 19.3 Å². The van der Waals surface area contributed by atoms with Crippen molar-refractivity contribution in [2.24, 2.45) is 4.99 Å². The Morgan fingerprint density at radius 3 is 2.75 bits per heavy atom. The van der Waals surface area contributed by atoms with Gasteiger partial charge in [-0.15, -0.1) is 0 Å². The fourth-order valence-electron chi connectivity index (χ4n) is 2.13. The number of aliphatic imine (C=N–C) groups is 1. The summed E-state index contributed by atoms with van der Waals surface area (Å²) in [5, 5.41) is 10.1. The van der Waals surface area contributed by atoms with Gasteiger partial charge in [0.25, 0.3) is 0 Å². The van der Waals surface area contributed by atoms with Gasteiger partial charge in [-0.1, -0.05) is 13.3 Å². The number of nitrogens with zero attached hydrogens (tertiary/aromatic N) is 1. The summed E-state index contributed by atoms with van der Waals surface area (Å²) in [6.07, 6.45) is 4.13. The lowest BCUT2D eigenvalue weighted by Gasteiger charge is -2.17. The molecule has 0 heterocycles. The lowest BCUT2D eigenvalue weighted by molar-refractivity contribution is -0.140. The normalized spacial score (nSPS) is 20.1. The van der Waals surface area contributed by atoms with Gasteiger partial charge >= 0.3 is 5.97 Å². The van der Waals surface area contributed by atoms with E-state index in [4.69, 9.17) is 0 Å². The molecule has 0 aromatic carbocycles. The molecule has 1 saturated carbocycles. The van der Waals surface area contributed by atoms with Gasteiger partial charge in [0.1, 0.15) is 5.76 Å². The molecule has 0 radical (unpaired) electrons. The fourth-order valence-corrected chi connectivity index (χ4v) is 2.13. The maximum atomic E-state index is 12.0. The van der Waals surface area contributed by atoms with Gasteiger partial charge < -0.3 is 9.84 Å². The van der Waals surface area contributed by atoms with Crippen molar-refractivity contribution >= 4 is 17.5 Å². The molecule has 0 bridgehead atoms. The minimum absolute atomic E-state index is 0.0321. The van der Waals surface area contributed by atoms with Gasteiger partial charge in [0.05, 0.1) is 19.1 Å². The summed E-state index contributed by atoms with van der Waals surface area (Å²) in [6, 6.07) is 0. The van der Waals surface area contributed by atoms with E-state index >= 15 is 0 Å². The van der Waals surface area contributed by atoms with E-state index in [-0.39, 0.29) is 24.4 Å². The summed E-state index contributed by atoms with van der Waals surface area (Å²) < 4.78 is 4.53. The van der Waals surface area contributed by atoms with E-state index in [1.165, 1.54) is 7.11 Å². The van der Waals surface area contributed by atoms with E-state index < -0.39 is 5.97 Å². The van der Waals surface area contributed by atoms with Gasteiger partial charge in [0.15, 0.2) is 5.78 Å². The summed E-state index contributed by atoms with van der Waals surface area (Å²) >= 11 is 0. The predicted molar refractivity (Wildman–Crippen MR) is 77.0 cm³/mol. The summed E-state index contributed by atoms with van der Waals surface area (Å²) in [5.74, 6) is -0.505. The second-order valence-corrected chi connectivity index (χ2v) is 4.86. The van der Waals surface area contributed by atoms with Crippen LogP contribution in [0.25, 0.3) is 0 Å². The Bertz CT molecular complexity index is 424. The van der Waals surface area contributed by atoms with Crippen molar-refractivity contribution in [1.29, 1.82) is 0 Å². The van der Waals surface area contributed by atoms with Crippen molar-refractivity contribution < 1.29 is 19.4 Å². The van der Waals surface area contributed by atoms with Crippen LogP contribution in [0.1, 0.15) is 51.9 Å². The second kappa shape index (κ2) is 8.51. The lowest BCUT2D eigenvalue weighted by atomic mass is 9.89. The van der Waals surface area contributed by atoms with Crippen molar-refractivity contribution in [3.05, 3.63) is 11.3 Å². The van der Waals surface area contributed by atoms with Crippen LogP contribution in [0, 0.1) is 0 Å². The van der Waals surface area contributed by atoms with E-state index in [0.29, 0.717) is 30.7 Å². The summed E-state index contributed by atoms with van der Waals surface area (Å²) in [6.45, 7) is 2.75. The number of Topliss-reactive ketones (excluding diaryl/α,β-unsaturated/α-hetero) is 1. The molecule has 0 atom stereocenters.